The second-order valence-electron chi connectivity index (χ2n) is 5.08. The molecule has 1 amide bonds. The number of thiophene rings is 1. The summed E-state index contributed by atoms with van der Waals surface area (Å²) in [7, 11) is -3.32. The molecule has 1 aromatic heterocycles. The lowest BCUT2D eigenvalue weighted by molar-refractivity contribution is -0.117. The van der Waals surface area contributed by atoms with Crippen LogP contribution >= 0.6 is 11.3 Å². The van der Waals surface area contributed by atoms with Crippen LogP contribution in [-0.2, 0) is 14.8 Å². The molecule has 23 heavy (non-hydrogen) atoms. The van der Waals surface area contributed by atoms with Gasteiger partial charge in [0.2, 0.25) is 15.9 Å². The van der Waals surface area contributed by atoms with E-state index in [4.69, 9.17) is 0 Å². The van der Waals surface area contributed by atoms with Gasteiger partial charge in [-0.3, -0.25) is 9.52 Å². The molecular formula is C16H18N2O3S2. The Morgan fingerprint density at radius 2 is 2.04 bits per heavy atom. The van der Waals surface area contributed by atoms with E-state index in [-0.39, 0.29) is 11.9 Å². The van der Waals surface area contributed by atoms with Crippen molar-refractivity contribution in [3.05, 3.63) is 58.3 Å². The number of carbonyl (C=O) groups is 1. The molecule has 1 aromatic carbocycles. The van der Waals surface area contributed by atoms with Crippen LogP contribution in [0, 0.1) is 0 Å². The minimum atomic E-state index is -3.32. The highest BCUT2D eigenvalue weighted by atomic mass is 32.2. The molecule has 0 bridgehead atoms. The van der Waals surface area contributed by atoms with E-state index in [2.05, 4.69) is 10.0 Å². The second kappa shape index (κ2) is 7.43. The van der Waals surface area contributed by atoms with Crippen LogP contribution in [0.25, 0.3) is 6.08 Å². The summed E-state index contributed by atoms with van der Waals surface area (Å²) in [6, 6.07) is 10.6. The third-order valence-corrected chi connectivity index (χ3v) is 4.43. The van der Waals surface area contributed by atoms with Gasteiger partial charge in [0.1, 0.15) is 0 Å². The highest BCUT2D eigenvalue weighted by Crippen LogP contribution is 2.18. The molecule has 2 aromatic rings. The lowest BCUT2D eigenvalue weighted by Crippen LogP contribution is -2.24. The Labute approximate surface area is 140 Å². The fourth-order valence-electron chi connectivity index (χ4n) is 1.97. The summed E-state index contributed by atoms with van der Waals surface area (Å²) in [5, 5.41) is 4.80. The normalized spacial score (nSPS) is 13.0. The molecule has 0 aliphatic heterocycles. The summed E-state index contributed by atoms with van der Waals surface area (Å²) >= 11 is 1.56. The van der Waals surface area contributed by atoms with E-state index in [9.17, 15) is 13.2 Å². The number of rotatable bonds is 6. The minimum Gasteiger partial charge on any atom is -0.346 e. The first-order valence-electron chi connectivity index (χ1n) is 6.93. The molecule has 122 valence electrons. The van der Waals surface area contributed by atoms with Crippen LogP contribution in [0.1, 0.15) is 23.4 Å². The number of hydrogen-bond acceptors (Lipinski definition) is 4. The summed E-state index contributed by atoms with van der Waals surface area (Å²) in [6.07, 6.45) is 4.34. The third-order valence-electron chi connectivity index (χ3n) is 2.99. The lowest BCUT2D eigenvalue weighted by atomic mass is 10.1. The Morgan fingerprint density at radius 1 is 1.26 bits per heavy atom. The summed E-state index contributed by atoms with van der Waals surface area (Å²) in [5.74, 6) is -0.202. The number of carbonyl (C=O) groups excluding carboxylic acids is 1. The van der Waals surface area contributed by atoms with Crippen molar-refractivity contribution in [3.63, 3.8) is 0 Å². The number of anilines is 1. The van der Waals surface area contributed by atoms with Crippen molar-refractivity contribution in [3.8, 4) is 0 Å². The zero-order chi connectivity index (χ0) is 16.9. The molecule has 2 rings (SSSR count). The van der Waals surface area contributed by atoms with Gasteiger partial charge in [-0.05, 0) is 42.1 Å². The largest absolute Gasteiger partial charge is 0.346 e. The first kappa shape index (κ1) is 17.2. The molecule has 7 heteroatoms. The SMILES string of the molecule is C[C@@H](NC(=O)/C=C/c1cccs1)c1cccc(NS(C)(=O)=O)c1. The standard InChI is InChI=1S/C16H18N2O3S2/c1-12(17-16(19)9-8-15-7-4-10-22-15)13-5-3-6-14(11-13)18-23(2,20)21/h3-12,18H,1-2H3,(H,17,19)/b9-8+/t12-/m1/s1. The lowest BCUT2D eigenvalue weighted by Gasteiger charge is -2.14. The van der Waals surface area contributed by atoms with Crippen LogP contribution in [-0.4, -0.2) is 20.6 Å². The average molecular weight is 350 g/mol. The fourth-order valence-corrected chi connectivity index (χ4v) is 3.15. The van der Waals surface area contributed by atoms with E-state index >= 15 is 0 Å². The van der Waals surface area contributed by atoms with Crippen molar-refractivity contribution in [1.82, 2.24) is 5.32 Å². The van der Waals surface area contributed by atoms with E-state index in [1.165, 1.54) is 6.08 Å². The zero-order valence-electron chi connectivity index (χ0n) is 12.8. The molecule has 0 aliphatic rings. The predicted molar refractivity (Wildman–Crippen MR) is 94.8 cm³/mol. The number of hydrogen-bond donors (Lipinski definition) is 2. The smallest absolute Gasteiger partial charge is 0.244 e. The van der Waals surface area contributed by atoms with Gasteiger partial charge in [0, 0.05) is 16.6 Å². The second-order valence-corrected chi connectivity index (χ2v) is 7.81. The van der Waals surface area contributed by atoms with E-state index in [1.807, 2.05) is 30.5 Å². The fraction of sp³-hybridized carbons (Fsp3) is 0.188. The molecule has 2 N–H and O–H groups in total. The van der Waals surface area contributed by atoms with Crippen LogP contribution < -0.4 is 10.0 Å². The Kier molecular flexibility index (Phi) is 5.57. The van der Waals surface area contributed by atoms with Crippen molar-refractivity contribution >= 4 is 39.0 Å². The molecule has 0 aliphatic carbocycles. The molecule has 1 heterocycles. The van der Waals surface area contributed by atoms with E-state index < -0.39 is 10.0 Å². The summed E-state index contributed by atoms with van der Waals surface area (Å²) in [4.78, 5) is 12.9. The molecule has 0 fully saturated rings. The van der Waals surface area contributed by atoms with Gasteiger partial charge in [-0.2, -0.15) is 0 Å². The molecule has 0 radical (unpaired) electrons. The van der Waals surface area contributed by atoms with E-state index in [0.717, 1.165) is 16.7 Å². The average Bonchev–Trinajstić information content (AvgIpc) is 2.97. The van der Waals surface area contributed by atoms with Gasteiger partial charge < -0.3 is 5.32 Å². The van der Waals surface area contributed by atoms with Crippen LogP contribution in [0.15, 0.2) is 47.9 Å². The molecular weight excluding hydrogens is 332 g/mol. The van der Waals surface area contributed by atoms with Gasteiger partial charge in [-0.25, -0.2) is 8.42 Å². The Morgan fingerprint density at radius 3 is 2.70 bits per heavy atom. The van der Waals surface area contributed by atoms with Crippen molar-refractivity contribution < 1.29 is 13.2 Å². The molecule has 0 saturated carbocycles. The zero-order valence-corrected chi connectivity index (χ0v) is 14.4. The Hall–Kier alpha value is -2.12. The number of nitrogens with one attached hydrogen (secondary N) is 2. The van der Waals surface area contributed by atoms with Gasteiger partial charge in [-0.15, -0.1) is 11.3 Å². The molecule has 5 nitrogen and oxygen atoms in total. The molecule has 1 atom stereocenters. The van der Waals surface area contributed by atoms with Crippen molar-refractivity contribution in [2.24, 2.45) is 0 Å². The van der Waals surface area contributed by atoms with Crippen molar-refractivity contribution in [1.29, 1.82) is 0 Å². The maximum absolute atomic E-state index is 11.9. The first-order chi connectivity index (χ1) is 10.8. The molecule has 0 saturated heterocycles. The summed E-state index contributed by atoms with van der Waals surface area (Å²) in [6.45, 7) is 1.84. The maximum Gasteiger partial charge on any atom is 0.244 e. The van der Waals surface area contributed by atoms with Gasteiger partial charge in [0.15, 0.2) is 0 Å². The van der Waals surface area contributed by atoms with Crippen LogP contribution in [0.2, 0.25) is 0 Å². The minimum absolute atomic E-state index is 0.202. The number of benzene rings is 1. The molecule has 0 spiro atoms. The summed E-state index contributed by atoms with van der Waals surface area (Å²) in [5.41, 5.74) is 1.29. The highest BCUT2D eigenvalue weighted by molar-refractivity contribution is 7.92. The van der Waals surface area contributed by atoms with E-state index in [1.54, 1.807) is 35.6 Å². The topological polar surface area (TPSA) is 75.3 Å². The third kappa shape index (κ3) is 5.88. The Bertz CT molecular complexity index is 796. The summed E-state index contributed by atoms with van der Waals surface area (Å²) < 4.78 is 25.0. The monoisotopic (exact) mass is 350 g/mol. The maximum atomic E-state index is 11.9. The van der Waals surface area contributed by atoms with Gasteiger partial charge >= 0.3 is 0 Å². The van der Waals surface area contributed by atoms with Crippen LogP contribution in [0.3, 0.4) is 0 Å². The van der Waals surface area contributed by atoms with Crippen LogP contribution in [0.5, 0.6) is 0 Å². The molecule has 0 unspecified atom stereocenters. The number of amides is 1. The highest BCUT2D eigenvalue weighted by Gasteiger charge is 2.09. The van der Waals surface area contributed by atoms with Crippen LogP contribution in [0.4, 0.5) is 5.69 Å². The van der Waals surface area contributed by atoms with Gasteiger partial charge in [0.25, 0.3) is 0 Å². The quantitative estimate of drug-likeness (QED) is 0.787. The predicted octanol–water partition coefficient (Wildman–Crippen LogP) is 3.01. The first-order valence-corrected chi connectivity index (χ1v) is 9.70. The van der Waals surface area contributed by atoms with Gasteiger partial charge in [-0.1, -0.05) is 18.2 Å². The number of sulfonamides is 1. The van der Waals surface area contributed by atoms with Crippen molar-refractivity contribution in [2.45, 2.75) is 13.0 Å². The Balaban J connectivity index is 2.01. The van der Waals surface area contributed by atoms with Gasteiger partial charge in [0.05, 0.1) is 12.3 Å². The van der Waals surface area contributed by atoms with E-state index in [0.29, 0.717) is 5.69 Å². The van der Waals surface area contributed by atoms with Crippen molar-refractivity contribution in [2.75, 3.05) is 11.0 Å².